The lowest BCUT2D eigenvalue weighted by Gasteiger charge is -2.32. The normalized spacial score (nSPS) is 19.3. The average Bonchev–Trinajstić information content (AvgIpc) is 2.91. The van der Waals surface area contributed by atoms with E-state index in [9.17, 15) is 0 Å². The van der Waals surface area contributed by atoms with Crippen molar-refractivity contribution in [2.75, 3.05) is 19.7 Å². The van der Waals surface area contributed by atoms with Gasteiger partial charge in [0.25, 0.3) is 0 Å². The number of ether oxygens (including phenoxy) is 1. The van der Waals surface area contributed by atoms with E-state index in [4.69, 9.17) is 9.37 Å². The molecule has 3 rings (SSSR count). The highest BCUT2D eigenvalue weighted by atomic mass is 16.6. The quantitative estimate of drug-likeness (QED) is 0.850. The number of piperidine rings is 1. The van der Waals surface area contributed by atoms with Gasteiger partial charge in [0, 0.05) is 19.0 Å². The van der Waals surface area contributed by atoms with E-state index in [2.05, 4.69) is 34.3 Å². The van der Waals surface area contributed by atoms with E-state index in [-0.39, 0.29) is 0 Å². The summed E-state index contributed by atoms with van der Waals surface area (Å²) in [5.74, 6) is 1.53. The van der Waals surface area contributed by atoms with Gasteiger partial charge in [0.2, 0.25) is 0 Å². The van der Waals surface area contributed by atoms with Crippen LogP contribution in [0.25, 0.3) is 0 Å². The summed E-state index contributed by atoms with van der Waals surface area (Å²) in [5.41, 5.74) is 3.06. The van der Waals surface area contributed by atoms with Gasteiger partial charge in [-0.1, -0.05) is 22.4 Å². The molecule has 0 spiro atoms. The van der Waals surface area contributed by atoms with Gasteiger partial charge in [-0.2, -0.15) is 0 Å². The minimum Gasteiger partial charge on any atom is -0.493 e. The number of rotatable bonds is 5. The molecule has 0 amide bonds. The molecule has 1 fully saturated rings. The molecule has 1 aromatic carbocycles. The zero-order chi connectivity index (χ0) is 15.4. The fraction of sp³-hybridized carbons (Fsp3) is 0.529. The van der Waals surface area contributed by atoms with Gasteiger partial charge in [-0.05, 0) is 50.9 Å². The van der Waals surface area contributed by atoms with E-state index in [1.807, 2.05) is 19.1 Å². The number of likely N-dealkylation sites (tertiary alicyclic amines) is 1. The SMILES string of the molecule is Cc1cccc(OCC2CCCN(Cc3nonc3C)C2)c1. The molecular weight excluding hydrogens is 278 g/mol. The lowest BCUT2D eigenvalue weighted by atomic mass is 9.99. The standard InChI is InChI=1S/C17H23N3O2/c1-13-5-3-7-16(9-13)21-12-15-6-4-8-20(10-15)11-17-14(2)18-22-19-17/h3,5,7,9,15H,4,6,8,10-12H2,1-2H3. The lowest BCUT2D eigenvalue weighted by Crippen LogP contribution is -2.37. The molecular formula is C17H23N3O2. The maximum atomic E-state index is 5.96. The van der Waals surface area contributed by atoms with Crippen molar-refractivity contribution in [3.8, 4) is 5.75 Å². The average molecular weight is 301 g/mol. The number of benzene rings is 1. The summed E-state index contributed by atoms with van der Waals surface area (Å²) in [5, 5.41) is 7.83. The summed E-state index contributed by atoms with van der Waals surface area (Å²) < 4.78 is 10.7. The second-order valence-electron chi connectivity index (χ2n) is 6.17. The predicted octanol–water partition coefficient (Wildman–Crippen LogP) is 2.98. The minimum absolute atomic E-state index is 0.564. The first-order valence-corrected chi connectivity index (χ1v) is 7.90. The van der Waals surface area contributed by atoms with Crippen molar-refractivity contribution in [1.29, 1.82) is 0 Å². The fourth-order valence-corrected chi connectivity index (χ4v) is 2.95. The van der Waals surface area contributed by atoms with Crippen molar-refractivity contribution in [2.45, 2.75) is 33.2 Å². The molecule has 1 saturated heterocycles. The third-order valence-corrected chi connectivity index (χ3v) is 4.20. The van der Waals surface area contributed by atoms with Crippen LogP contribution in [0.15, 0.2) is 28.9 Å². The Kier molecular flexibility index (Phi) is 4.73. The van der Waals surface area contributed by atoms with E-state index in [1.54, 1.807) is 0 Å². The van der Waals surface area contributed by atoms with Crippen LogP contribution in [-0.2, 0) is 6.54 Å². The summed E-state index contributed by atoms with van der Waals surface area (Å²) in [6.07, 6.45) is 2.42. The molecule has 0 bridgehead atoms. The molecule has 2 heterocycles. The molecule has 2 aromatic rings. The van der Waals surface area contributed by atoms with Crippen molar-refractivity contribution >= 4 is 0 Å². The smallest absolute Gasteiger partial charge is 0.122 e. The van der Waals surface area contributed by atoms with Crippen LogP contribution in [0, 0.1) is 19.8 Å². The lowest BCUT2D eigenvalue weighted by molar-refractivity contribution is 0.122. The van der Waals surface area contributed by atoms with Gasteiger partial charge in [0.15, 0.2) is 0 Å². The van der Waals surface area contributed by atoms with Crippen LogP contribution in [0.3, 0.4) is 0 Å². The highest BCUT2D eigenvalue weighted by Gasteiger charge is 2.22. The molecule has 0 saturated carbocycles. The van der Waals surface area contributed by atoms with E-state index >= 15 is 0 Å². The van der Waals surface area contributed by atoms with Gasteiger partial charge >= 0.3 is 0 Å². The maximum Gasteiger partial charge on any atom is 0.122 e. The number of aryl methyl sites for hydroxylation is 2. The van der Waals surface area contributed by atoms with Crippen LogP contribution >= 0.6 is 0 Å². The zero-order valence-corrected chi connectivity index (χ0v) is 13.3. The Balaban J connectivity index is 1.51. The second-order valence-corrected chi connectivity index (χ2v) is 6.17. The third kappa shape index (κ3) is 3.85. The molecule has 1 aliphatic rings. The van der Waals surface area contributed by atoms with Crippen molar-refractivity contribution in [3.05, 3.63) is 41.2 Å². The molecule has 118 valence electrons. The Morgan fingerprint density at radius 2 is 2.23 bits per heavy atom. The van der Waals surface area contributed by atoms with Gasteiger partial charge in [-0.25, -0.2) is 4.63 Å². The molecule has 22 heavy (non-hydrogen) atoms. The Morgan fingerprint density at radius 3 is 3.00 bits per heavy atom. The zero-order valence-electron chi connectivity index (χ0n) is 13.3. The summed E-state index contributed by atoms with van der Waals surface area (Å²) >= 11 is 0. The van der Waals surface area contributed by atoms with Crippen molar-refractivity contribution in [3.63, 3.8) is 0 Å². The van der Waals surface area contributed by atoms with Gasteiger partial charge < -0.3 is 4.74 Å². The number of hydrogen-bond donors (Lipinski definition) is 0. The second kappa shape index (κ2) is 6.92. The van der Waals surface area contributed by atoms with Gasteiger partial charge in [0.05, 0.1) is 6.61 Å². The van der Waals surface area contributed by atoms with Crippen LogP contribution in [-0.4, -0.2) is 34.9 Å². The van der Waals surface area contributed by atoms with E-state index in [0.29, 0.717) is 5.92 Å². The fourth-order valence-electron chi connectivity index (χ4n) is 2.95. The van der Waals surface area contributed by atoms with Gasteiger partial charge in [-0.15, -0.1) is 0 Å². The monoisotopic (exact) mass is 301 g/mol. The molecule has 0 radical (unpaired) electrons. The first-order chi connectivity index (χ1) is 10.7. The van der Waals surface area contributed by atoms with Crippen molar-refractivity contribution < 1.29 is 9.37 Å². The topological polar surface area (TPSA) is 51.4 Å². The summed E-state index contributed by atoms with van der Waals surface area (Å²) in [6, 6.07) is 8.24. The highest BCUT2D eigenvalue weighted by molar-refractivity contribution is 5.27. The van der Waals surface area contributed by atoms with Crippen LogP contribution in [0.4, 0.5) is 0 Å². The van der Waals surface area contributed by atoms with Crippen LogP contribution < -0.4 is 4.74 Å². The van der Waals surface area contributed by atoms with E-state index in [1.165, 1.54) is 18.4 Å². The van der Waals surface area contributed by atoms with E-state index < -0.39 is 0 Å². The molecule has 1 aliphatic heterocycles. The Hall–Kier alpha value is -1.88. The van der Waals surface area contributed by atoms with Crippen LogP contribution in [0.2, 0.25) is 0 Å². The van der Waals surface area contributed by atoms with Crippen LogP contribution in [0.1, 0.15) is 29.8 Å². The van der Waals surface area contributed by atoms with Gasteiger partial charge in [-0.3, -0.25) is 4.90 Å². The molecule has 5 heteroatoms. The largest absolute Gasteiger partial charge is 0.493 e. The summed E-state index contributed by atoms with van der Waals surface area (Å²) in [6.45, 7) is 7.76. The highest BCUT2D eigenvalue weighted by Crippen LogP contribution is 2.21. The third-order valence-electron chi connectivity index (χ3n) is 4.20. The molecule has 1 aromatic heterocycles. The first-order valence-electron chi connectivity index (χ1n) is 7.90. The van der Waals surface area contributed by atoms with Gasteiger partial charge in [0.1, 0.15) is 17.1 Å². The molecule has 5 nitrogen and oxygen atoms in total. The number of aromatic nitrogens is 2. The minimum atomic E-state index is 0.564. The summed E-state index contributed by atoms with van der Waals surface area (Å²) in [4.78, 5) is 2.42. The van der Waals surface area contributed by atoms with Crippen molar-refractivity contribution in [1.82, 2.24) is 15.2 Å². The summed E-state index contributed by atoms with van der Waals surface area (Å²) in [7, 11) is 0. The first kappa shape index (κ1) is 15.0. The number of hydrogen-bond acceptors (Lipinski definition) is 5. The maximum absolute atomic E-state index is 5.96. The Labute approximate surface area is 131 Å². The van der Waals surface area contributed by atoms with E-state index in [0.717, 1.165) is 43.4 Å². The molecule has 0 N–H and O–H groups in total. The molecule has 0 aliphatic carbocycles. The Bertz CT molecular complexity index is 611. The van der Waals surface area contributed by atoms with Crippen molar-refractivity contribution in [2.24, 2.45) is 5.92 Å². The molecule has 1 atom stereocenters. The molecule has 1 unspecified atom stereocenters. The van der Waals surface area contributed by atoms with Crippen LogP contribution in [0.5, 0.6) is 5.75 Å². The number of nitrogens with zero attached hydrogens (tertiary/aromatic N) is 3. The predicted molar refractivity (Wildman–Crippen MR) is 83.7 cm³/mol. The Morgan fingerprint density at radius 1 is 1.32 bits per heavy atom.